The SMILES string of the molecule is CC(=O)Nc1nc(C)c(C#Cc2cccc(N)c2)s1. The summed E-state index contributed by atoms with van der Waals surface area (Å²) in [5.74, 6) is 5.95. The number of aryl methyl sites for hydroxylation is 1. The standard InChI is InChI=1S/C14H13N3OS/c1-9-13(19-14(16-9)17-10(2)18)7-6-11-4-3-5-12(15)8-11/h3-5,8H,15H2,1-2H3,(H,16,17,18). The number of hydrogen-bond donors (Lipinski definition) is 2. The molecule has 0 saturated carbocycles. The minimum absolute atomic E-state index is 0.135. The summed E-state index contributed by atoms with van der Waals surface area (Å²) in [7, 11) is 0. The van der Waals surface area contributed by atoms with Crippen molar-refractivity contribution in [2.45, 2.75) is 13.8 Å². The lowest BCUT2D eigenvalue weighted by molar-refractivity contribution is -0.114. The Hall–Kier alpha value is -2.32. The molecule has 0 aliphatic carbocycles. The molecule has 0 unspecified atom stereocenters. The molecule has 0 aliphatic rings. The van der Waals surface area contributed by atoms with Gasteiger partial charge in [-0.1, -0.05) is 23.3 Å². The van der Waals surface area contributed by atoms with Gasteiger partial charge >= 0.3 is 0 Å². The molecule has 4 nitrogen and oxygen atoms in total. The van der Waals surface area contributed by atoms with E-state index < -0.39 is 0 Å². The van der Waals surface area contributed by atoms with Gasteiger partial charge in [0.05, 0.1) is 5.69 Å². The highest BCUT2D eigenvalue weighted by Gasteiger charge is 2.06. The van der Waals surface area contributed by atoms with Crippen LogP contribution in [-0.4, -0.2) is 10.9 Å². The van der Waals surface area contributed by atoms with Crippen molar-refractivity contribution in [3.05, 3.63) is 40.4 Å². The van der Waals surface area contributed by atoms with Gasteiger partial charge in [-0.05, 0) is 31.0 Å². The molecular formula is C14H13N3OS. The maximum Gasteiger partial charge on any atom is 0.223 e. The zero-order valence-corrected chi connectivity index (χ0v) is 11.5. The number of nitrogen functional groups attached to an aromatic ring is 1. The number of rotatable bonds is 1. The number of nitrogens with one attached hydrogen (secondary N) is 1. The maximum absolute atomic E-state index is 11.0. The molecule has 0 fully saturated rings. The van der Waals surface area contributed by atoms with Crippen LogP contribution < -0.4 is 11.1 Å². The number of carbonyl (C=O) groups excluding carboxylic acids is 1. The van der Waals surface area contributed by atoms with Gasteiger partial charge in [-0.25, -0.2) is 4.98 Å². The molecule has 2 rings (SSSR count). The predicted molar refractivity (Wildman–Crippen MR) is 78.0 cm³/mol. The Labute approximate surface area is 115 Å². The third-order valence-electron chi connectivity index (χ3n) is 2.29. The molecule has 0 saturated heterocycles. The monoisotopic (exact) mass is 271 g/mol. The van der Waals surface area contributed by atoms with Crippen LogP contribution in [0.1, 0.15) is 23.1 Å². The van der Waals surface area contributed by atoms with Crippen molar-refractivity contribution in [2.24, 2.45) is 0 Å². The normalized spacial score (nSPS) is 9.58. The van der Waals surface area contributed by atoms with Gasteiger partial charge in [0, 0.05) is 18.2 Å². The molecule has 96 valence electrons. The van der Waals surface area contributed by atoms with Gasteiger partial charge < -0.3 is 11.1 Å². The van der Waals surface area contributed by atoms with Gasteiger partial charge in [-0.15, -0.1) is 0 Å². The highest BCUT2D eigenvalue weighted by Crippen LogP contribution is 2.21. The van der Waals surface area contributed by atoms with Crippen LogP contribution in [0, 0.1) is 18.8 Å². The highest BCUT2D eigenvalue weighted by atomic mass is 32.1. The molecule has 19 heavy (non-hydrogen) atoms. The molecule has 1 aromatic heterocycles. The zero-order chi connectivity index (χ0) is 13.8. The fourth-order valence-corrected chi connectivity index (χ4v) is 2.33. The molecule has 2 aromatic rings. The van der Waals surface area contributed by atoms with Crippen LogP contribution in [0.25, 0.3) is 0 Å². The fraction of sp³-hybridized carbons (Fsp3) is 0.143. The second-order valence-electron chi connectivity index (χ2n) is 3.99. The second-order valence-corrected chi connectivity index (χ2v) is 4.99. The third kappa shape index (κ3) is 3.57. The van der Waals surface area contributed by atoms with E-state index in [1.54, 1.807) is 0 Å². The first-order valence-corrected chi connectivity index (χ1v) is 6.49. The summed E-state index contributed by atoms with van der Waals surface area (Å²) < 4.78 is 0. The predicted octanol–water partition coefficient (Wildman–Crippen LogP) is 2.39. The van der Waals surface area contributed by atoms with Gasteiger partial charge in [-0.2, -0.15) is 0 Å². The first-order valence-electron chi connectivity index (χ1n) is 5.67. The van der Waals surface area contributed by atoms with Crippen molar-refractivity contribution in [3.63, 3.8) is 0 Å². The minimum Gasteiger partial charge on any atom is -0.399 e. The van der Waals surface area contributed by atoms with Gasteiger partial charge in [0.2, 0.25) is 5.91 Å². The van der Waals surface area contributed by atoms with Gasteiger partial charge in [0.15, 0.2) is 5.13 Å². The van der Waals surface area contributed by atoms with Crippen molar-refractivity contribution in [2.75, 3.05) is 11.1 Å². The largest absolute Gasteiger partial charge is 0.399 e. The Morgan fingerprint density at radius 2 is 2.21 bits per heavy atom. The number of aromatic nitrogens is 1. The molecule has 0 spiro atoms. The van der Waals surface area contributed by atoms with Crippen LogP contribution in [0.5, 0.6) is 0 Å². The topological polar surface area (TPSA) is 68.0 Å². The zero-order valence-electron chi connectivity index (χ0n) is 10.7. The average Bonchev–Trinajstić information content (AvgIpc) is 2.66. The number of carbonyl (C=O) groups is 1. The lowest BCUT2D eigenvalue weighted by Gasteiger charge is -1.92. The van der Waals surface area contributed by atoms with Crippen molar-refractivity contribution in [3.8, 4) is 11.8 Å². The minimum atomic E-state index is -0.135. The number of amides is 1. The van der Waals surface area contributed by atoms with E-state index >= 15 is 0 Å². The quantitative estimate of drug-likeness (QED) is 0.618. The molecule has 1 amide bonds. The van der Waals surface area contributed by atoms with E-state index in [-0.39, 0.29) is 5.91 Å². The number of hydrogen-bond acceptors (Lipinski definition) is 4. The second kappa shape index (κ2) is 5.55. The maximum atomic E-state index is 11.0. The summed E-state index contributed by atoms with van der Waals surface area (Å²) in [4.78, 5) is 16.0. The number of benzene rings is 1. The van der Waals surface area contributed by atoms with Crippen LogP contribution in [0.2, 0.25) is 0 Å². The molecule has 0 bridgehead atoms. The Balaban J connectivity index is 2.24. The lowest BCUT2D eigenvalue weighted by Crippen LogP contribution is -2.04. The van der Waals surface area contributed by atoms with E-state index in [1.807, 2.05) is 31.2 Å². The summed E-state index contributed by atoms with van der Waals surface area (Å²) in [5.41, 5.74) is 8.04. The molecule has 0 atom stereocenters. The van der Waals surface area contributed by atoms with Crippen LogP contribution in [0.4, 0.5) is 10.8 Å². The van der Waals surface area contributed by atoms with E-state index in [1.165, 1.54) is 18.3 Å². The van der Waals surface area contributed by atoms with Gasteiger partial charge in [-0.3, -0.25) is 4.79 Å². The average molecular weight is 271 g/mol. The smallest absolute Gasteiger partial charge is 0.223 e. The fourth-order valence-electron chi connectivity index (χ4n) is 1.46. The molecule has 1 heterocycles. The number of nitrogens with two attached hydrogens (primary N) is 1. The van der Waals surface area contributed by atoms with E-state index in [4.69, 9.17) is 5.73 Å². The highest BCUT2D eigenvalue weighted by molar-refractivity contribution is 7.16. The number of thiazole rings is 1. The van der Waals surface area contributed by atoms with Crippen molar-refractivity contribution in [1.29, 1.82) is 0 Å². The molecule has 1 aromatic carbocycles. The molecule has 5 heteroatoms. The molecule has 3 N–H and O–H groups in total. The number of nitrogens with zero attached hydrogens (tertiary/aromatic N) is 1. The molecule has 0 aliphatic heterocycles. The Bertz CT molecular complexity index is 679. The lowest BCUT2D eigenvalue weighted by atomic mass is 10.2. The van der Waals surface area contributed by atoms with E-state index in [9.17, 15) is 4.79 Å². The van der Waals surface area contributed by atoms with Gasteiger partial charge in [0.25, 0.3) is 0 Å². The van der Waals surface area contributed by atoms with Gasteiger partial charge in [0.1, 0.15) is 4.88 Å². The summed E-state index contributed by atoms with van der Waals surface area (Å²) in [5, 5.41) is 3.23. The van der Waals surface area contributed by atoms with Crippen molar-refractivity contribution >= 4 is 28.1 Å². The first-order chi connectivity index (χ1) is 9.04. The van der Waals surface area contributed by atoms with Crippen LogP contribution >= 0.6 is 11.3 Å². The Kier molecular flexibility index (Phi) is 3.83. The summed E-state index contributed by atoms with van der Waals surface area (Å²) >= 11 is 1.36. The van der Waals surface area contributed by atoms with Crippen LogP contribution in [0.3, 0.4) is 0 Å². The molecular weight excluding hydrogens is 258 g/mol. The summed E-state index contributed by atoms with van der Waals surface area (Å²) in [6, 6.07) is 7.40. The van der Waals surface area contributed by atoms with Crippen molar-refractivity contribution in [1.82, 2.24) is 4.98 Å². The summed E-state index contributed by atoms with van der Waals surface area (Å²) in [6.45, 7) is 3.32. The van der Waals surface area contributed by atoms with Crippen LogP contribution in [0.15, 0.2) is 24.3 Å². The first kappa shape index (κ1) is 13.1. The third-order valence-corrected chi connectivity index (χ3v) is 3.27. The molecule has 0 radical (unpaired) electrons. The van der Waals surface area contributed by atoms with E-state index in [2.05, 4.69) is 22.1 Å². The van der Waals surface area contributed by atoms with E-state index in [0.29, 0.717) is 10.8 Å². The Morgan fingerprint density at radius 3 is 2.89 bits per heavy atom. The van der Waals surface area contributed by atoms with Crippen LogP contribution in [-0.2, 0) is 4.79 Å². The Morgan fingerprint density at radius 1 is 1.42 bits per heavy atom. The number of anilines is 2. The van der Waals surface area contributed by atoms with E-state index in [0.717, 1.165) is 16.1 Å². The van der Waals surface area contributed by atoms with Crippen molar-refractivity contribution < 1.29 is 4.79 Å². The summed E-state index contributed by atoms with van der Waals surface area (Å²) in [6.07, 6.45) is 0.